The molecule has 0 spiro atoms. The van der Waals surface area contributed by atoms with Crippen molar-refractivity contribution in [2.75, 3.05) is 146 Å². The number of nitrogens with two attached hydrogens (primary N) is 1. The number of sulfonamides is 3. The fourth-order valence-electron chi connectivity index (χ4n) is 15.2. The van der Waals surface area contributed by atoms with Gasteiger partial charge in [0.2, 0.25) is 65.0 Å². The van der Waals surface area contributed by atoms with Crippen molar-refractivity contribution in [1.82, 2.24) is 71.9 Å². The van der Waals surface area contributed by atoms with Crippen molar-refractivity contribution in [3.05, 3.63) is 208 Å². The number of likely N-dealkylation sites (N-methyl/N-ethyl adjacent to an activating group) is 3. The van der Waals surface area contributed by atoms with Gasteiger partial charge >= 0.3 is 0 Å². The number of hydrogen-bond donors (Lipinski definition) is 8. The van der Waals surface area contributed by atoms with E-state index < -0.39 is 30.1 Å². The molecule has 718 valence electrons. The lowest BCUT2D eigenvalue weighted by Gasteiger charge is -2.27. The molecule has 2 unspecified atom stereocenters. The number of fused-ring (bicyclic) bond motifs is 3. The summed E-state index contributed by atoms with van der Waals surface area (Å²) in [5.41, 5.74) is 15.6. The van der Waals surface area contributed by atoms with E-state index in [0.29, 0.717) is 132 Å². The van der Waals surface area contributed by atoms with Crippen LogP contribution in [0, 0.1) is 0 Å². The number of aromatic amines is 1. The molecule has 6 aromatic carbocycles. The summed E-state index contributed by atoms with van der Waals surface area (Å²) in [4.78, 5) is 84.5. The van der Waals surface area contributed by atoms with E-state index in [1.165, 1.54) is 56.2 Å². The summed E-state index contributed by atoms with van der Waals surface area (Å²) in [6, 6.07) is 44.4. The standard InChI is InChI=1S/C31H36N8O5S.C26H28N8O4S.C19H18ClN5O3.C12H19N3O2S.C2H6O.2CH4/c1-4-26(40)33-22-8-7-9-25(18-22)44-30-28-29(39(20-32-28)27-10-5-6-17-43-27)35-31(36-30)34-21-11-13-23(14-12-21)37(2)24-15-16-38(19-24)45(3,41)42;1-4-22(35)29-18-6-5-7-21(14-18)38-25-23-24(28-16-27-23)31-26(32-25)30-17-8-10-19(11-9-17)33(2)20-12-13-34(15-20)39(3,36)37;1-2-14(26)22-12-6-5-7-13(10-12)28-18-16-17(23-19(20)24-18)25(11-21-16)15-8-3-4-9-27-15;1-14(11-5-3-10(13)4-6-11)12-7-8-15(9-12)18(2,16)17;1-2-3;;/h4,7-9,11-14,18,20,24,27H,1,5-6,10,15-17,19H2,2-3H3,(H,33,40)(H,34,35,36);4-11,14,16,20H,1,12-13,15H2,2-3H3,(H,29,35)(H2,27,28,30,31,32);2,5-7,10-11,15H,1,3-4,8-9H2,(H,22,26);3-6,12H,7-9,13H2,1-2H3;3H,2H2,1H3;2*1H4/t24-,27?;20-;;12-;;;/m00.0.../s1. The topological polar surface area (TPSA) is 467 Å². The molecular weight excluding hydrogens is 1810 g/mol. The number of nitrogen functional groups attached to an aromatic ring is 1. The number of rotatable bonds is 27. The number of halogens is 1. The van der Waals surface area contributed by atoms with Gasteiger partial charge in [-0.25, -0.2) is 53.1 Å². The first-order chi connectivity index (χ1) is 63.8. The normalized spacial score (nSPS) is 17.2. The highest BCUT2D eigenvalue weighted by molar-refractivity contribution is 7.88. The van der Waals surface area contributed by atoms with Crippen LogP contribution in [0.4, 0.5) is 63.1 Å². The number of hydrogen-bond acceptors (Lipinski definition) is 30. The van der Waals surface area contributed by atoms with Gasteiger partial charge in [0.15, 0.2) is 28.0 Å². The van der Waals surface area contributed by atoms with Gasteiger partial charge < -0.3 is 80.8 Å². The molecule has 17 rings (SSSR count). The first-order valence-electron chi connectivity index (χ1n) is 42.8. The lowest BCUT2D eigenvalue weighted by Crippen LogP contribution is -2.36. The number of carbonyl (C=O) groups excluding carboxylic acids is 3. The quantitative estimate of drug-likeness (QED) is 0.0135. The van der Waals surface area contributed by atoms with Crippen molar-refractivity contribution in [2.45, 2.75) is 110 Å². The molecule has 43 heteroatoms. The van der Waals surface area contributed by atoms with Crippen LogP contribution in [-0.2, 0) is 53.9 Å². The van der Waals surface area contributed by atoms with Gasteiger partial charge in [0, 0.05) is 168 Å². The zero-order valence-corrected chi connectivity index (χ0v) is 77.7. The van der Waals surface area contributed by atoms with E-state index in [-0.39, 0.29) is 92.7 Å². The molecule has 9 N–H and O–H groups in total. The van der Waals surface area contributed by atoms with Gasteiger partial charge in [-0.3, -0.25) is 23.5 Å². The van der Waals surface area contributed by atoms with E-state index in [1.807, 2.05) is 103 Å². The largest absolute Gasteiger partial charge is 0.437 e. The Bertz CT molecular complexity index is 6470. The van der Waals surface area contributed by atoms with Crippen LogP contribution in [0.5, 0.6) is 34.9 Å². The monoisotopic (exact) mass is 1930 g/mol. The molecule has 39 nitrogen and oxygen atoms in total. The van der Waals surface area contributed by atoms with Gasteiger partial charge in [0.1, 0.15) is 35.2 Å². The molecule has 0 radical (unpaired) electrons. The van der Waals surface area contributed by atoms with E-state index in [0.717, 1.165) is 91.9 Å². The van der Waals surface area contributed by atoms with E-state index in [2.05, 4.69) is 106 Å². The summed E-state index contributed by atoms with van der Waals surface area (Å²) < 4.78 is 109. The minimum absolute atomic E-state index is 0. The first kappa shape index (κ1) is 102. The van der Waals surface area contributed by atoms with E-state index in [1.54, 1.807) is 92.4 Å². The van der Waals surface area contributed by atoms with Crippen LogP contribution in [0.2, 0.25) is 5.28 Å². The molecular formula is C92H115ClN24O15S3. The van der Waals surface area contributed by atoms with Crippen LogP contribution >= 0.6 is 11.6 Å². The molecule has 11 heterocycles. The van der Waals surface area contributed by atoms with Gasteiger partial charge in [-0.2, -0.15) is 29.9 Å². The molecule has 0 saturated carbocycles. The molecule has 5 atom stereocenters. The number of ether oxygens (including phenoxy) is 5. The third-order valence-corrected chi connectivity index (χ3v) is 26.2. The number of benzene rings is 6. The predicted molar refractivity (Wildman–Crippen MR) is 527 cm³/mol. The maximum absolute atomic E-state index is 12.0. The average molecular weight is 1930 g/mol. The molecule has 12 aromatic rings. The highest BCUT2D eigenvalue weighted by atomic mass is 35.5. The molecule has 3 amide bonds. The molecule has 5 aliphatic heterocycles. The minimum atomic E-state index is -3.21. The van der Waals surface area contributed by atoms with Crippen LogP contribution < -0.4 is 61.2 Å². The molecule has 5 saturated heterocycles. The summed E-state index contributed by atoms with van der Waals surface area (Å²) in [7, 11) is -3.54. The smallest absolute Gasteiger partial charge is 0.252 e. The van der Waals surface area contributed by atoms with Gasteiger partial charge in [0.05, 0.1) is 37.7 Å². The molecule has 5 fully saturated rings. The van der Waals surface area contributed by atoms with E-state index in [4.69, 9.17) is 51.1 Å². The number of imidazole rings is 3. The van der Waals surface area contributed by atoms with Crippen molar-refractivity contribution >= 4 is 156 Å². The Hall–Kier alpha value is -13.3. The van der Waals surface area contributed by atoms with Crippen LogP contribution in [0.25, 0.3) is 33.5 Å². The zero-order chi connectivity index (χ0) is 94.7. The highest BCUT2D eigenvalue weighted by Gasteiger charge is 2.35. The summed E-state index contributed by atoms with van der Waals surface area (Å²) in [6.45, 7) is 16.8. The number of nitrogens with one attached hydrogen (secondary N) is 6. The predicted octanol–water partition coefficient (Wildman–Crippen LogP) is 14.2. The summed E-state index contributed by atoms with van der Waals surface area (Å²) >= 11 is 6.12. The number of anilines is 11. The van der Waals surface area contributed by atoms with Crippen LogP contribution in [-0.4, -0.2) is 237 Å². The van der Waals surface area contributed by atoms with Crippen molar-refractivity contribution in [3.8, 4) is 34.9 Å². The second-order valence-corrected chi connectivity index (χ2v) is 37.9. The average Bonchev–Trinajstić information content (AvgIpc) is 1.67. The Kier molecular flexibility index (Phi) is 35.3. The Labute approximate surface area is 790 Å². The van der Waals surface area contributed by atoms with Crippen molar-refractivity contribution in [1.29, 1.82) is 0 Å². The molecule has 0 aliphatic carbocycles. The Morgan fingerprint density at radius 1 is 0.504 bits per heavy atom. The van der Waals surface area contributed by atoms with Crippen LogP contribution in [0.3, 0.4) is 0 Å². The number of H-pyrrole nitrogens is 1. The number of aliphatic hydroxyl groups is 1. The first-order valence-corrected chi connectivity index (χ1v) is 48.7. The fourth-order valence-corrected chi connectivity index (χ4v) is 18.0. The van der Waals surface area contributed by atoms with Crippen LogP contribution in [0.15, 0.2) is 203 Å². The second kappa shape index (κ2) is 46.6. The molecule has 5 aliphatic rings. The number of carbonyl (C=O) groups is 3. The Morgan fingerprint density at radius 3 is 1.24 bits per heavy atom. The third kappa shape index (κ3) is 27.3. The van der Waals surface area contributed by atoms with E-state index in [9.17, 15) is 39.6 Å². The van der Waals surface area contributed by atoms with Crippen molar-refractivity contribution in [2.24, 2.45) is 0 Å². The van der Waals surface area contributed by atoms with Gasteiger partial charge in [-0.1, -0.05) is 52.8 Å². The summed E-state index contributed by atoms with van der Waals surface area (Å²) in [5.74, 6) is 1.78. The molecule has 6 aromatic heterocycles. The Morgan fingerprint density at radius 2 is 0.867 bits per heavy atom. The number of amides is 3. The summed E-state index contributed by atoms with van der Waals surface area (Å²) in [6.07, 6.45) is 20.2. The Balaban J connectivity index is 0.000000178. The summed E-state index contributed by atoms with van der Waals surface area (Å²) in [5, 5.41) is 22.2. The van der Waals surface area contributed by atoms with Crippen LogP contribution in [0.1, 0.15) is 92.0 Å². The van der Waals surface area contributed by atoms with Gasteiger partial charge in [-0.15, -0.1) is 0 Å². The van der Waals surface area contributed by atoms with Crippen molar-refractivity contribution in [3.63, 3.8) is 0 Å². The molecule has 135 heavy (non-hydrogen) atoms. The SMILES string of the molecule is C.C.C=CC(=O)Nc1cccc(Oc2nc(Cl)nc3c2ncn3C2CCCCO2)c1.C=CC(=O)Nc1cccc(Oc2nc(Nc3ccc(N(C)[C@H]4CCN(S(C)(=O)=O)C4)cc3)nc3c2ncn3C2CCCCO2)c1.C=CC(=O)Nc1cccc(Oc2nc(Nc3ccc(N(C)[C@H]4CCN(S(C)(=O)=O)C4)cc3)nc3nc[nH]c23)c1.CCO.CN(c1ccc(N)cc1)[C@H]1CCN(S(C)(=O)=O)C1. The maximum atomic E-state index is 12.0. The lowest BCUT2D eigenvalue weighted by molar-refractivity contribution is -0.112. The fraction of sp³-hybridized carbons (Fsp3) is 0.348. The second-order valence-electron chi connectivity index (χ2n) is 31.6. The number of aliphatic hydroxyl groups excluding tert-OH is 1. The molecule has 0 bridgehead atoms. The highest BCUT2D eigenvalue weighted by Crippen LogP contribution is 2.38. The number of nitrogens with zero attached hydrogens (tertiary/aromatic N) is 17. The van der Waals surface area contributed by atoms with E-state index >= 15 is 0 Å². The van der Waals surface area contributed by atoms with Crippen molar-refractivity contribution < 1.29 is 68.4 Å². The zero-order valence-electron chi connectivity index (χ0n) is 74.5. The minimum Gasteiger partial charge on any atom is -0.437 e. The van der Waals surface area contributed by atoms with Gasteiger partial charge in [-0.05, 0) is 204 Å². The third-order valence-electron chi connectivity index (χ3n) is 22.2. The van der Waals surface area contributed by atoms with Gasteiger partial charge in [0.25, 0.3) is 17.6 Å². The lowest BCUT2D eigenvalue weighted by atomic mass is 10.2. The number of aromatic nitrogens is 12. The maximum Gasteiger partial charge on any atom is 0.252 e.